The summed E-state index contributed by atoms with van der Waals surface area (Å²) in [6.07, 6.45) is 0. The van der Waals surface area contributed by atoms with Gasteiger partial charge in [0.05, 0.1) is 6.07 Å². The highest BCUT2D eigenvalue weighted by molar-refractivity contribution is 9.10. The lowest BCUT2D eigenvalue weighted by Gasteiger charge is -2.15. The molecule has 2 aromatic rings. The first-order chi connectivity index (χ1) is 9.11. The molecule has 0 spiro atoms. The molecule has 1 atom stereocenters. The van der Waals surface area contributed by atoms with Gasteiger partial charge in [-0.15, -0.1) is 0 Å². The number of rotatable bonds is 3. The van der Waals surface area contributed by atoms with E-state index in [2.05, 4.69) is 21.2 Å². The Bertz CT molecular complexity index is 602. The van der Waals surface area contributed by atoms with E-state index in [1.165, 1.54) is 12.1 Å². The van der Waals surface area contributed by atoms with Crippen LogP contribution in [0.25, 0.3) is 0 Å². The number of benzene rings is 2. The van der Waals surface area contributed by atoms with Crippen LogP contribution in [-0.4, -0.2) is 0 Å². The highest BCUT2D eigenvalue weighted by atomic mass is 79.9. The predicted molar refractivity (Wildman–Crippen MR) is 77.5 cm³/mol. The van der Waals surface area contributed by atoms with Crippen LogP contribution in [0.4, 0.5) is 10.1 Å². The fraction of sp³-hybridized carbons (Fsp3) is 0.0714. The highest BCUT2D eigenvalue weighted by Gasteiger charge is 2.18. The standard InChI is InChI=1S/C14H9BrClFN2/c15-9-4-6-10(7-5-9)19-13(8-18)14-11(16)2-1-3-12(14)17/h1-7,13,19H. The van der Waals surface area contributed by atoms with Gasteiger partial charge in [-0.05, 0) is 36.4 Å². The molecule has 0 bridgehead atoms. The van der Waals surface area contributed by atoms with Crippen LogP contribution in [0.3, 0.4) is 0 Å². The first-order valence-electron chi connectivity index (χ1n) is 5.47. The van der Waals surface area contributed by atoms with E-state index in [0.29, 0.717) is 5.69 Å². The van der Waals surface area contributed by atoms with Gasteiger partial charge in [-0.2, -0.15) is 5.26 Å². The third-order valence-electron chi connectivity index (χ3n) is 2.57. The monoisotopic (exact) mass is 338 g/mol. The molecule has 2 rings (SSSR count). The number of nitriles is 1. The van der Waals surface area contributed by atoms with Crippen LogP contribution in [0.5, 0.6) is 0 Å². The molecule has 0 aliphatic heterocycles. The molecule has 0 saturated carbocycles. The van der Waals surface area contributed by atoms with E-state index in [1.54, 1.807) is 18.2 Å². The van der Waals surface area contributed by atoms with Gasteiger partial charge in [0, 0.05) is 20.7 Å². The second-order valence-corrected chi connectivity index (χ2v) is 5.17. The summed E-state index contributed by atoms with van der Waals surface area (Å²) in [4.78, 5) is 0. The third kappa shape index (κ3) is 3.25. The Labute approximate surface area is 123 Å². The zero-order chi connectivity index (χ0) is 13.8. The molecule has 0 amide bonds. The molecular formula is C14H9BrClFN2. The maximum atomic E-state index is 13.8. The van der Waals surface area contributed by atoms with Crippen LogP contribution in [0, 0.1) is 17.1 Å². The number of anilines is 1. The molecule has 96 valence electrons. The normalized spacial score (nSPS) is 11.7. The summed E-state index contributed by atoms with van der Waals surface area (Å²) in [5.41, 5.74) is 0.878. The minimum atomic E-state index is -0.838. The molecule has 0 heterocycles. The molecule has 0 aliphatic rings. The number of halogens is 3. The summed E-state index contributed by atoms with van der Waals surface area (Å²) in [5.74, 6) is -0.497. The maximum absolute atomic E-state index is 13.8. The van der Waals surface area contributed by atoms with Gasteiger partial charge < -0.3 is 5.32 Å². The third-order valence-corrected chi connectivity index (χ3v) is 3.43. The number of nitrogens with one attached hydrogen (secondary N) is 1. The molecule has 1 unspecified atom stereocenters. The fourth-order valence-corrected chi connectivity index (χ4v) is 2.20. The van der Waals surface area contributed by atoms with Crippen LogP contribution in [0.1, 0.15) is 11.6 Å². The Morgan fingerprint density at radius 3 is 2.47 bits per heavy atom. The van der Waals surface area contributed by atoms with Crippen molar-refractivity contribution in [3.63, 3.8) is 0 Å². The van der Waals surface area contributed by atoms with Crippen LogP contribution in [-0.2, 0) is 0 Å². The van der Waals surface area contributed by atoms with Crippen LogP contribution >= 0.6 is 27.5 Å². The molecule has 19 heavy (non-hydrogen) atoms. The highest BCUT2D eigenvalue weighted by Crippen LogP contribution is 2.28. The van der Waals surface area contributed by atoms with E-state index in [0.717, 1.165) is 4.47 Å². The molecule has 0 saturated heterocycles. The van der Waals surface area contributed by atoms with Gasteiger partial charge in [-0.3, -0.25) is 0 Å². The lowest BCUT2D eigenvalue weighted by atomic mass is 10.1. The summed E-state index contributed by atoms with van der Waals surface area (Å²) >= 11 is 9.28. The summed E-state index contributed by atoms with van der Waals surface area (Å²) in [5, 5.41) is 12.4. The zero-order valence-electron chi connectivity index (χ0n) is 9.70. The van der Waals surface area contributed by atoms with E-state index in [1.807, 2.05) is 18.2 Å². The first-order valence-corrected chi connectivity index (χ1v) is 6.64. The van der Waals surface area contributed by atoms with Gasteiger partial charge in [0.25, 0.3) is 0 Å². The Morgan fingerprint density at radius 2 is 1.89 bits per heavy atom. The first kappa shape index (κ1) is 13.9. The van der Waals surface area contributed by atoms with Gasteiger partial charge in [-0.1, -0.05) is 33.6 Å². The minimum Gasteiger partial charge on any atom is -0.366 e. The second kappa shape index (κ2) is 6.05. The van der Waals surface area contributed by atoms with Crippen molar-refractivity contribution >= 4 is 33.2 Å². The summed E-state index contributed by atoms with van der Waals surface area (Å²) in [7, 11) is 0. The van der Waals surface area contributed by atoms with Crippen molar-refractivity contribution in [3.8, 4) is 6.07 Å². The molecule has 0 aliphatic carbocycles. The molecule has 5 heteroatoms. The van der Waals surface area contributed by atoms with E-state index in [-0.39, 0.29) is 10.6 Å². The quantitative estimate of drug-likeness (QED) is 0.861. The van der Waals surface area contributed by atoms with Gasteiger partial charge in [0.2, 0.25) is 0 Å². The molecular weight excluding hydrogens is 331 g/mol. The van der Waals surface area contributed by atoms with Crippen molar-refractivity contribution in [2.45, 2.75) is 6.04 Å². The van der Waals surface area contributed by atoms with Crippen molar-refractivity contribution in [1.29, 1.82) is 5.26 Å². The van der Waals surface area contributed by atoms with Crippen molar-refractivity contribution < 1.29 is 4.39 Å². The van der Waals surface area contributed by atoms with Crippen molar-refractivity contribution in [2.75, 3.05) is 5.32 Å². The average molecular weight is 340 g/mol. The molecule has 2 nitrogen and oxygen atoms in total. The lowest BCUT2D eigenvalue weighted by Crippen LogP contribution is -2.11. The maximum Gasteiger partial charge on any atom is 0.144 e. The second-order valence-electron chi connectivity index (χ2n) is 3.85. The van der Waals surface area contributed by atoms with Gasteiger partial charge >= 0.3 is 0 Å². The SMILES string of the molecule is N#CC(Nc1ccc(Br)cc1)c1c(F)cccc1Cl. The van der Waals surface area contributed by atoms with Gasteiger partial charge in [0.1, 0.15) is 11.9 Å². The Kier molecular flexibility index (Phi) is 4.41. The summed E-state index contributed by atoms with van der Waals surface area (Å²) in [6, 6.07) is 12.8. The Morgan fingerprint density at radius 1 is 1.21 bits per heavy atom. The van der Waals surface area contributed by atoms with Crippen molar-refractivity contribution in [2.24, 2.45) is 0 Å². The van der Waals surface area contributed by atoms with Crippen LogP contribution in [0.15, 0.2) is 46.9 Å². The fourth-order valence-electron chi connectivity index (χ4n) is 1.67. The summed E-state index contributed by atoms with van der Waals surface area (Å²) < 4.78 is 14.7. The van der Waals surface area contributed by atoms with Crippen molar-refractivity contribution in [1.82, 2.24) is 0 Å². The molecule has 0 radical (unpaired) electrons. The summed E-state index contributed by atoms with van der Waals surface area (Å²) in [6.45, 7) is 0. The number of hydrogen-bond acceptors (Lipinski definition) is 2. The largest absolute Gasteiger partial charge is 0.366 e. The predicted octanol–water partition coefficient (Wildman–Crippen LogP) is 4.92. The zero-order valence-corrected chi connectivity index (χ0v) is 12.0. The molecule has 0 aromatic heterocycles. The van der Waals surface area contributed by atoms with Gasteiger partial charge in [0.15, 0.2) is 0 Å². The topological polar surface area (TPSA) is 35.8 Å². The number of nitrogens with zero attached hydrogens (tertiary/aromatic N) is 1. The minimum absolute atomic E-state index is 0.162. The Balaban J connectivity index is 2.31. The average Bonchev–Trinajstić information content (AvgIpc) is 2.39. The van der Waals surface area contributed by atoms with E-state index >= 15 is 0 Å². The molecule has 1 N–H and O–H groups in total. The Hall–Kier alpha value is -1.57. The van der Waals surface area contributed by atoms with E-state index in [9.17, 15) is 9.65 Å². The van der Waals surface area contributed by atoms with E-state index in [4.69, 9.17) is 11.6 Å². The van der Waals surface area contributed by atoms with Crippen LogP contribution in [0.2, 0.25) is 5.02 Å². The lowest BCUT2D eigenvalue weighted by molar-refractivity contribution is 0.607. The number of hydrogen-bond donors (Lipinski definition) is 1. The molecule has 2 aromatic carbocycles. The van der Waals surface area contributed by atoms with Gasteiger partial charge in [-0.25, -0.2) is 4.39 Å². The smallest absolute Gasteiger partial charge is 0.144 e. The van der Waals surface area contributed by atoms with Crippen LogP contribution < -0.4 is 5.32 Å². The molecule has 0 fully saturated rings. The van der Waals surface area contributed by atoms with E-state index < -0.39 is 11.9 Å². The van der Waals surface area contributed by atoms with Crippen molar-refractivity contribution in [3.05, 3.63) is 63.3 Å².